The second kappa shape index (κ2) is 6.19. The molecule has 1 heterocycles. The number of ether oxygens (including phenoxy) is 3. The average Bonchev–Trinajstić information content (AvgIpc) is 3.12. The minimum Gasteiger partial charge on any atom is -0.469 e. The molecule has 4 fully saturated rings. The van der Waals surface area contributed by atoms with E-state index in [0.717, 1.165) is 19.1 Å². The van der Waals surface area contributed by atoms with Crippen LogP contribution in [0.15, 0.2) is 0 Å². The highest BCUT2D eigenvalue weighted by Gasteiger charge is 2.79. The second-order valence-corrected chi connectivity index (χ2v) is 10.3. The number of aliphatic hydroxyl groups is 1. The van der Waals surface area contributed by atoms with Gasteiger partial charge in [0, 0.05) is 0 Å². The fraction of sp³-hybridized carbons (Fsp3) is 0.864. The number of fused-ring (bicyclic) bond motifs is 5. The Morgan fingerprint density at radius 3 is 2.55 bits per heavy atom. The first-order valence-electron chi connectivity index (χ1n) is 10.7. The van der Waals surface area contributed by atoms with E-state index in [1.807, 2.05) is 20.8 Å². The lowest BCUT2D eigenvalue weighted by atomic mass is 9.53. The van der Waals surface area contributed by atoms with Gasteiger partial charge >= 0.3 is 12.1 Å². The summed E-state index contributed by atoms with van der Waals surface area (Å²) in [6, 6.07) is 0. The van der Waals surface area contributed by atoms with Gasteiger partial charge in [-0.1, -0.05) is 27.2 Å². The van der Waals surface area contributed by atoms with Gasteiger partial charge in [-0.3, -0.25) is 4.79 Å². The first-order chi connectivity index (χ1) is 13.5. The maximum Gasteiger partial charge on any atom is 0.509 e. The van der Waals surface area contributed by atoms with E-state index in [0.29, 0.717) is 19.3 Å². The Morgan fingerprint density at radius 2 is 1.97 bits per heavy atom. The number of methoxy groups -OCH3 is 1. The second-order valence-electron chi connectivity index (χ2n) is 10.3. The smallest absolute Gasteiger partial charge is 0.469 e. The van der Waals surface area contributed by atoms with Gasteiger partial charge in [0.05, 0.1) is 18.4 Å². The normalized spacial score (nSPS) is 50.8. The monoisotopic (exact) mass is 408 g/mol. The lowest BCUT2D eigenvalue weighted by molar-refractivity contribution is -0.198. The first-order valence-corrected chi connectivity index (χ1v) is 10.7. The molecule has 4 aliphatic rings. The van der Waals surface area contributed by atoms with Gasteiger partial charge in [0.25, 0.3) is 0 Å². The summed E-state index contributed by atoms with van der Waals surface area (Å²) in [5, 5.41) is 12.2. The minimum absolute atomic E-state index is 0.0846. The molecule has 7 heteroatoms. The third-order valence-electron chi connectivity index (χ3n) is 9.01. The molecule has 162 valence electrons. The largest absolute Gasteiger partial charge is 0.509 e. The molecule has 29 heavy (non-hydrogen) atoms. The molecule has 4 rings (SSSR count). The quantitative estimate of drug-likeness (QED) is 0.566. The van der Waals surface area contributed by atoms with Crippen LogP contribution >= 0.6 is 0 Å². The van der Waals surface area contributed by atoms with Gasteiger partial charge < -0.3 is 24.1 Å². The lowest BCUT2D eigenvalue weighted by Crippen LogP contribution is -2.66. The number of hydrogen-bond acceptors (Lipinski definition) is 7. The third-order valence-corrected chi connectivity index (χ3v) is 9.01. The zero-order valence-corrected chi connectivity index (χ0v) is 17.9. The third kappa shape index (κ3) is 2.25. The molecule has 0 spiro atoms. The Morgan fingerprint density at radius 1 is 1.28 bits per heavy atom. The molecule has 1 aliphatic heterocycles. The van der Waals surface area contributed by atoms with Crippen LogP contribution in [0.25, 0.3) is 0 Å². The van der Waals surface area contributed by atoms with Crippen molar-refractivity contribution in [2.45, 2.75) is 77.1 Å². The molecular formula is C22H32O7. The molecule has 8 atom stereocenters. The van der Waals surface area contributed by atoms with Crippen LogP contribution in [0.5, 0.6) is 0 Å². The van der Waals surface area contributed by atoms with Crippen molar-refractivity contribution in [3.63, 3.8) is 0 Å². The first kappa shape index (κ1) is 20.6. The Balaban J connectivity index is 1.90. The van der Waals surface area contributed by atoms with Crippen molar-refractivity contribution in [3.05, 3.63) is 0 Å². The van der Waals surface area contributed by atoms with Gasteiger partial charge in [-0.15, -0.1) is 0 Å². The van der Waals surface area contributed by atoms with Crippen molar-refractivity contribution in [3.8, 4) is 0 Å². The van der Waals surface area contributed by atoms with Crippen LogP contribution in [0.2, 0.25) is 0 Å². The lowest BCUT2D eigenvalue weighted by Gasteiger charge is -2.53. The van der Waals surface area contributed by atoms with Crippen molar-refractivity contribution >= 4 is 18.4 Å². The number of carbonyl (C=O) groups is 3. The molecule has 0 aromatic heterocycles. The van der Waals surface area contributed by atoms with Gasteiger partial charge in [0.2, 0.25) is 0 Å². The van der Waals surface area contributed by atoms with Gasteiger partial charge in [-0.2, -0.15) is 0 Å². The molecule has 0 bridgehead atoms. The summed E-state index contributed by atoms with van der Waals surface area (Å²) in [5.74, 6) is -1.95. The van der Waals surface area contributed by atoms with Crippen molar-refractivity contribution < 1.29 is 33.7 Å². The molecule has 0 radical (unpaired) electrons. The zero-order chi connectivity index (χ0) is 21.4. The van der Waals surface area contributed by atoms with E-state index in [-0.39, 0.29) is 17.8 Å². The zero-order valence-electron chi connectivity index (χ0n) is 17.9. The number of rotatable bonds is 3. The molecule has 0 aromatic rings. The minimum atomic E-state index is -1.57. The predicted octanol–water partition coefficient (Wildman–Crippen LogP) is 2.87. The summed E-state index contributed by atoms with van der Waals surface area (Å²) in [7, 11) is 1.36. The van der Waals surface area contributed by atoms with Crippen LogP contribution in [0.4, 0.5) is 4.79 Å². The Kier molecular flexibility index (Phi) is 4.40. The summed E-state index contributed by atoms with van der Waals surface area (Å²) in [5.41, 5.74) is -3.87. The highest BCUT2D eigenvalue weighted by molar-refractivity contribution is 5.78. The molecule has 0 amide bonds. The highest BCUT2D eigenvalue weighted by atomic mass is 16.8. The van der Waals surface area contributed by atoms with Gasteiger partial charge in [0.15, 0.2) is 11.7 Å². The predicted molar refractivity (Wildman–Crippen MR) is 102 cm³/mol. The van der Waals surface area contributed by atoms with Crippen molar-refractivity contribution in [1.82, 2.24) is 0 Å². The fourth-order valence-electron chi connectivity index (χ4n) is 7.84. The van der Waals surface area contributed by atoms with E-state index >= 15 is 0 Å². The molecule has 3 saturated carbocycles. The van der Waals surface area contributed by atoms with E-state index in [1.165, 1.54) is 7.11 Å². The standard InChI is InChI=1S/C22H32O7/c1-12(2)21-10-7-14-19(3)8-6-9-20(4,17(24)27-5)15(19)13(11-23)22(14,26)16(21)28-18(25)29-21/h11-16,26H,6-10H2,1-5H3/t13-,14-,15-,16-,19-,20-,21+,22+/m1/s1. The van der Waals surface area contributed by atoms with Crippen molar-refractivity contribution in [2.24, 2.45) is 34.5 Å². The average molecular weight is 408 g/mol. The highest BCUT2D eigenvalue weighted by Crippen LogP contribution is 2.72. The van der Waals surface area contributed by atoms with E-state index in [2.05, 4.69) is 6.92 Å². The SMILES string of the molecule is COC(=O)[C@]1(C)CCC[C@]2(C)[C@H]3CC[C@@]4(C(C)C)OC(=O)O[C@H]4[C@]3(O)[C@H](C=O)[C@H]21. The number of aldehydes is 1. The van der Waals surface area contributed by atoms with Gasteiger partial charge in [0.1, 0.15) is 11.9 Å². The number of carbonyl (C=O) groups excluding carboxylic acids is 3. The van der Waals surface area contributed by atoms with Crippen LogP contribution in [-0.4, -0.2) is 47.9 Å². The van der Waals surface area contributed by atoms with Crippen LogP contribution in [0, 0.1) is 34.5 Å². The van der Waals surface area contributed by atoms with E-state index in [4.69, 9.17) is 14.2 Å². The topological polar surface area (TPSA) is 99.1 Å². The summed E-state index contributed by atoms with van der Waals surface area (Å²) in [6.45, 7) is 7.82. The molecule has 3 aliphatic carbocycles. The Hall–Kier alpha value is -1.63. The number of esters is 1. The summed E-state index contributed by atoms with van der Waals surface area (Å²) < 4.78 is 16.4. The maximum atomic E-state index is 12.9. The molecule has 7 nitrogen and oxygen atoms in total. The molecule has 0 unspecified atom stereocenters. The van der Waals surface area contributed by atoms with Gasteiger partial charge in [-0.05, 0) is 55.8 Å². The Labute approximate surface area is 171 Å². The van der Waals surface area contributed by atoms with Gasteiger partial charge in [-0.25, -0.2) is 4.79 Å². The van der Waals surface area contributed by atoms with Crippen LogP contribution < -0.4 is 0 Å². The molecule has 0 aromatic carbocycles. The molecule has 1 N–H and O–H groups in total. The number of hydrogen-bond donors (Lipinski definition) is 1. The van der Waals surface area contributed by atoms with Crippen LogP contribution in [0.1, 0.15) is 59.8 Å². The van der Waals surface area contributed by atoms with Crippen molar-refractivity contribution in [1.29, 1.82) is 0 Å². The van der Waals surface area contributed by atoms with Crippen LogP contribution in [-0.2, 0) is 23.8 Å². The Bertz CT molecular complexity index is 749. The summed E-state index contributed by atoms with van der Waals surface area (Å²) >= 11 is 0. The molecule has 1 saturated heterocycles. The maximum absolute atomic E-state index is 12.9. The van der Waals surface area contributed by atoms with Crippen molar-refractivity contribution in [2.75, 3.05) is 7.11 Å². The summed E-state index contributed by atoms with van der Waals surface area (Å²) in [6.07, 6.45) is 2.44. The van der Waals surface area contributed by atoms with E-state index < -0.39 is 46.1 Å². The van der Waals surface area contributed by atoms with E-state index in [9.17, 15) is 19.5 Å². The molecular weight excluding hydrogens is 376 g/mol. The fourth-order valence-corrected chi connectivity index (χ4v) is 7.84. The van der Waals surface area contributed by atoms with Crippen LogP contribution in [0.3, 0.4) is 0 Å². The van der Waals surface area contributed by atoms with E-state index in [1.54, 1.807) is 0 Å². The summed E-state index contributed by atoms with van der Waals surface area (Å²) in [4.78, 5) is 37.6.